The zero-order chi connectivity index (χ0) is 24.2. The quantitative estimate of drug-likeness (QED) is 0.228. The van der Waals surface area contributed by atoms with Gasteiger partial charge < -0.3 is 31.0 Å². The molecule has 1 aliphatic heterocycles. The summed E-state index contributed by atoms with van der Waals surface area (Å²) in [5.41, 5.74) is 5.91. The van der Waals surface area contributed by atoms with Gasteiger partial charge in [-0.15, -0.1) is 0 Å². The SMILES string of the molecule is COc1cccc(NC(=O)Nc2cccc(Nc3ccc4c(c3)NC(=O)C4=Cc3ccc[nH]3)c2)c1. The van der Waals surface area contributed by atoms with Gasteiger partial charge in [0.25, 0.3) is 5.91 Å². The van der Waals surface area contributed by atoms with E-state index >= 15 is 0 Å². The second kappa shape index (κ2) is 9.48. The number of hydrogen-bond acceptors (Lipinski definition) is 4. The number of carbonyl (C=O) groups excluding carboxylic acids is 2. The Balaban J connectivity index is 1.27. The number of anilines is 5. The van der Waals surface area contributed by atoms with Crippen molar-refractivity contribution in [3.63, 3.8) is 0 Å². The number of benzene rings is 3. The fourth-order valence-electron chi connectivity index (χ4n) is 3.84. The van der Waals surface area contributed by atoms with Crippen LogP contribution in [-0.4, -0.2) is 24.0 Å². The number of nitrogens with one attached hydrogen (secondary N) is 5. The number of H-pyrrole nitrogens is 1. The summed E-state index contributed by atoms with van der Waals surface area (Å²) in [7, 11) is 1.58. The van der Waals surface area contributed by atoms with Crippen molar-refractivity contribution in [2.45, 2.75) is 0 Å². The van der Waals surface area contributed by atoms with Gasteiger partial charge in [-0.2, -0.15) is 0 Å². The van der Waals surface area contributed by atoms with Crippen LogP contribution in [0.1, 0.15) is 11.3 Å². The maximum Gasteiger partial charge on any atom is 0.323 e. The molecule has 0 aliphatic carbocycles. The minimum atomic E-state index is -0.364. The molecule has 35 heavy (non-hydrogen) atoms. The van der Waals surface area contributed by atoms with E-state index in [1.807, 2.05) is 66.9 Å². The summed E-state index contributed by atoms with van der Waals surface area (Å²) in [6.07, 6.45) is 3.65. The Kier molecular flexibility index (Phi) is 5.92. The van der Waals surface area contributed by atoms with E-state index in [0.29, 0.717) is 22.7 Å². The molecule has 0 saturated heterocycles. The molecule has 3 aromatic carbocycles. The van der Waals surface area contributed by atoms with Crippen LogP contribution in [0.2, 0.25) is 0 Å². The van der Waals surface area contributed by atoms with Gasteiger partial charge in [-0.1, -0.05) is 18.2 Å². The molecule has 2 heterocycles. The normalized spacial score (nSPS) is 13.2. The number of urea groups is 1. The maximum atomic E-state index is 12.5. The van der Waals surface area contributed by atoms with Crippen LogP contribution in [0.25, 0.3) is 11.6 Å². The first-order valence-electron chi connectivity index (χ1n) is 11.0. The average Bonchev–Trinajstić information content (AvgIpc) is 3.47. The van der Waals surface area contributed by atoms with Gasteiger partial charge in [0.1, 0.15) is 5.75 Å². The van der Waals surface area contributed by atoms with Crippen molar-refractivity contribution >= 4 is 52.0 Å². The average molecular weight is 466 g/mol. The highest BCUT2D eigenvalue weighted by Gasteiger charge is 2.24. The van der Waals surface area contributed by atoms with Crippen molar-refractivity contribution < 1.29 is 14.3 Å². The zero-order valence-electron chi connectivity index (χ0n) is 18.9. The van der Waals surface area contributed by atoms with Crippen LogP contribution in [0.4, 0.5) is 33.2 Å². The summed E-state index contributed by atoms with van der Waals surface area (Å²) in [6, 6.07) is 23.6. The van der Waals surface area contributed by atoms with Crippen LogP contribution in [-0.2, 0) is 4.79 Å². The van der Waals surface area contributed by atoms with Gasteiger partial charge in [0.15, 0.2) is 0 Å². The Hall–Kier alpha value is -4.98. The molecule has 0 saturated carbocycles. The van der Waals surface area contributed by atoms with Crippen molar-refractivity contribution in [3.05, 3.63) is 96.3 Å². The van der Waals surface area contributed by atoms with Crippen molar-refractivity contribution in [3.8, 4) is 5.75 Å². The fourth-order valence-corrected chi connectivity index (χ4v) is 3.84. The second-order valence-electron chi connectivity index (χ2n) is 7.91. The highest BCUT2D eigenvalue weighted by Crippen LogP contribution is 2.35. The third-order valence-corrected chi connectivity index (χ3v) is 5.46. The summed E-state index contributed by atoms with van der Waals surface area (Å²) < 4.78 is 5.18. The number of rotatable bonds is 6. The molecular formula is C27H23N5O3. The predicted molar refractivity (Wildman–Crippen MR) is 139 cm³/mol. The number of hydrogen-bond donors (Lipinski definition) is 5. The van der Waals surface area contributed by atoms with Crippen molar-refractivity contribution in [2.24, 2.45) is 0 Å². The van der Waals surface area contributed by atoms with E-state index in [4.69, 9.17) is 4.74 Å². The molecule has 5 N–H and O–H groups in total. The summed E-state index contributed by atoms with van der Waals surface area (Å²) in [6.45, 7) is 0. The Morgan fingerprint density at radius 1 is 0.857 bits per heavy atom. The number of aromatic amines is 1. The van der Waals surface area contributed by atoms with Gasteiger partial charge >= 0.3 is 6.03 Å². The lowest BCUT2D eigenvalue weighted by atomic mass is 10.1. The van der Waals surface area contributed by atoms with E-state index in [1.54, 1.807) is 31.4 Å². The van der Waals surface area contributed by atoms with Crippen LogP contribution < -0.4 is 26.0 Å². The summed E-state index contributed by atoms with van der Waals surface area (Å²) >= 11 is 0. The number of methoxy groups -OCH3 is 1. The third-order valence-electron chi connectivity index (χ3n) is 5.46. The molecule has 8 heteroatoms. The zero-order valence-corrected chi connectivity index (χ0v) is 18.9. The summed E-state index contributed by atoms with van der Waals surface area (Å²) in [5, 5.41) is 11.9. The Morgan fingerprint density at radius 3 is 2.37 bits per heavy atom. The highest BCUT2D eigenvalue weighted by molar-refractivity contribution is 6.35. The minimum absolute atomic E-state index is 0.139. The molecular weight excluding hydrogens is 442 g/mol. The third kappa shape index (κ3) is 5.01. The topological polar surface area (TPSA) is 107 Å². The molecule has 0 radical (unpaired) electrons. The monoisotopic (exact) mass is 465 g/mol. The number of ether oxygens (including phenoxy) is 1. The molecule has 0 fully saturated rings. The van der Waals surface area contributed by atoms with E-state index in [2.05, 4.69) is 26.3 Å². The van der Waals surface area contributed by atoms with Crippen LogP contribution in [0.3, 0.4) is 0 Å². The standard InChI is InChI=1S/C27H23N5O3/c1-35-22-9-3-7-20(14-22)31-27(34)30-19-6-2-5-18(13-19)29-21-10-11-23-24(15-17-8-4-12-28-17)26(33)32-25(23)16-21/h2-16,28-29H,1H3,(H,32,33)(H2,30,31,34). The lowest BCUT2D eigenvalue weighted by Crippen LogP contribution is -2.19. The van der Waals surface area contributed by atoms with E-state index in [9.17, 15) is 9.59 Å². The Morgan fingerprint density at radius 2 is 1.60 bits per heavy atom. The number of aromatic nitrogens is 1. The number of amides is 3. The van der Waals surface area contributed by atoms with E-state index in [1.165, 1.54) is 0 Å². The van der Waals surface area contributed by atoms with Crippen LogP contribution in [0.15, 0.2) is 85.1 Å². The smallest absolute Gasteiger partial charge is 0.323 e. The van der Waals surface area contributed by atoms with Gasteiger partial charge in [0, 0.05) is 46.3 Å². The van der Waals surface area contributed by atoms with Gasteiger partial charge in [-0.25, -0.2) is 4.79 Å². The first kappa shape index (κ1) is 21.8. The lowest BCUT2D eigenvalue weighted by Gasteiger charge is -2.12. The van der Waals surface area contributed by atoms with E-state index in [-0.39, 0.29) is 11.9 Å². The first-order valence-corrected chi connectivity index (χ1v) is 11.0. The van der Waals surface area contributed by atoms with Gasteiger partial charge in [0.05, 0.1) is 18.4 Å². The van der Waals surface area contributed by atoms with Crippen LogP contribution >= 0.6 is 0 Å². The lowest BCUT2D eigenvalue weighted by molar-refractivity contribution is -0.110. The molecule has 5 rings (SSSR count). The molecule has 0 atom stereocenters. The molecule has 1 aromatic heterocycles. The Labute approximate surface area is 202 Å². The molecule has 0 unspecified atom stereocenters. The van der Waals surface area contributed by atoms with Gasteiger partial charge in [-0.3, -0.25) is 4.79 Å². The maximum absolute atomic E-state index is 12.5. The van der Waals surface area contributed by atoms with Crippen molar-refractivity contribution in [1.82, 2.24) is 4.98 Å². The van der Waals surface area contributed by atoms with Gasteiger partial charge in [-0.05, 0) is 60.7 Å². The second-order valence-corrected chi connectivity index (χ2v) is 7.91. The highest BCUT2D eigenvalue weighted by atomic mass is 16.5. The minimum Gasteiger partial charge on any atom is -0.497 e. The van der Waals surface area contributed by atoms with Crippen molar-refractivity contribution in [1.29, 1.82) is 0 Å². The summed E-state index contributed by atoms with van der Waals surface area (Å²) in [5.74, 6) is 0.520. The summed E-state index contributed by atoms with van der Waals surface area (Å²) in [4.78, 5) is 28.0. The van der Waals surface area contributed by atoms with Crippen molar-refractivity contribution in [2.75, 3.05) is 28.4 Å². The van der Waals surface area contributed by atoms with E-state index in [0.717, 1.165) is 28.3 Å². The first-order chi connectivity index (χ1) is 17.1. The molecule has 174 valence electrons. The number of fused-ring (bicyclic) bond motifs is 1. The fraction of sp³-hybridized carbons (Fsp3) is 0.0370. The number of carbonyl (C=O) groups is 2. The van der Waals surface area contributed by atoms with Gasteiger partial charge in [0.2, 0.25) is 0 Å². The van der Waals surface area contributed by atoms with Crippen LogP contribution in [0.5, 0.6) is 5.75 Å². The molecule has 1 aliphatic rings. The Bertz CT molecular complexity index is 1430. The largest absolute Gasteiger partial charge is 0.497 e. The predicted octanol–water partition coefficient (Wildman–Crippen LogP) is 5.90. The van der Waals surface area contributed by atoms with E-state index < -0.39 is 0 Å². The molecule has 0 spiro atoms. The molecule has 8 nitrogen and oxygen atoms in total. The molecule has 0 bridgehead atoms. The molecule has 4 aromatic rings. The van der Waals surface area contributed by atoms with Crippen LogP contribution in [0, 0.1) is 0 Å². The molecule has 3 amide bonds.